The fourth-order valence-electron chi connectivity index (χ4n) is 1.74. The highest BCUT2D eigenvalue weighted by atomic mass is 32.1. The van der Waals surface area contributed by atoms with E-state index in [-0.39, 0.29) is 12.0 Å². The summed E-state index contributed by atoms with van der Waals surface area (Å²) in [7, 11) is 1.60. The fourth-order valence-corrected chi connectivity index (χ4v) is 2.27. The van der Waals surface area contributed by atoms with Crippen molar-refractivity contribution in [1.29, 1.82) is 0 Å². The monoisotopic (exact) mass is 318 g/mol. The minimum atomic E-state index is -0.177. The highest BCUT2D eigenvalue weighted by Crippen LogP contribution is 2.26. The molecule has 0 bridgehead atoms. The van der Waals surface area contributed by atoms with E-state index in [4.69, 9.17) is 9.47 Å². The number of carbonyl (C=O) groups is 1. The Labute approximate surface area is 133 Å². The van der Waals surface area contributed by atoms with Crippen LogP contribution in [0.25, 0.3) is 6.08 Å². The molecule has 1 N–H and O–H groups in total. The van der Waals surface area contributed by atoms with E-state index < -0.39 is 0 Å². The first-order valence-electron chi connectivity index (χ1n) is 6.83. The van der Waals surface area contributed by atoms with Gasteiger partial charge in [-0.1, -0.05) is 12.1 Å². The predicted octanol–water partition coefficient (Wildman–Crippen LogP) is 2.75. The molecular formula is C16H18N2O3S. The number of para-hydroxylation sites is 2. The molecule has 1 aromatic heterocycles. The van der Waals surface area contributed by atoms with Crippen molar-refractivity contribution in [3.63, 3.8) is 0 Å². The van der Waals surface area contributed by atoms with Gasteiger partial charge in [0.1, 0.15) is 6.10 Å². The summed E-state index contributed by atoms with van der Waals surface area (Å²) in [5.41, 5.74) is 2.50. The summed E-state index contributed by atoms with van der Waals surface area (Å²) in [5.74, 6) is 1.15. The molecule has 1 atom stereocenters. The Morgan fingerprint density at radius 1 is 1.41 bits per heavy atom. The van der Waals surface area contributed by atoms with Gasteiger partial charge in [0.25, 0.3) is 0 Å². The maximum Gasteiger partial charge on any atom is 0.244 e. The van der Waals surface area contributed by atoms with Gasteiger partial charge in [0.15, 0.2) is 11.5 Å². The molecule has 2 aromatic rings. The maximum atomic E-state index is 11.7. The number of nitrogens with zero attached hydrogens (tertiary/aromatic N) is 1. The summed E-state index contributed by atoms with van der Waals surface area (Å²) >= 11 is 1.49. The normalized spacial score (nSPS) is 12.1. The quantitative estimate of drug-likeness (QED) is 0.798. The molecule has 5 nitrogen and oxygen atoms in total. The number of benzene rings is 1. The van der Waals surface area contributed by atoms with E-state index in [1.807, 2.05) is 36.6 Å². The highest BCUT2D eigenvalue weighted by molar-refractivity contribution is 7.07. The standard InChI is InChI=1S/C16H18N2O3S/c1-12(21-15-6-4-3-5-14(15)20-2)9-17-16(19)8-7-13-10-22-11-18-13/h3-8,10-12H,9H2,1-2H3,(H,17,19)/b8-7+/t12-/m1/s1. The van der Waals surface area contributed by atoms with E-state index in [9.17, 15) is 4.79 Å². The Kier molecular flexibility index (Phi) is 5.97. The molecular weight excluding hydrogens is 300 g/mol. The first-order chi connectivity index (χ1) is 10.7. The van der Waals surface area contributed by atoms with Crippen LogP contribution in [-0.2, 0) is 4.79 Å². The van der Waals surface area contributed by atoms with E-state index in [1.165, 1.54) is 17.4 Å². The molecule has 0 radical (unpaired) electrons. The lowest BCUT2D eigenvalue weighted by Gasteiger charge is -2.16. The SMILES string of the molecule is COc1ccccc1O[C@H](C)CNC(=O)/C=C/c1cscn1. The van der Waals surface area contributed by atoms with Gasteiger partial charge in [0, 0.05) is 11.5 Å². The third-order valence-corrected chi connectivity index (χ3v) is 3.42. The van der Waals surface area contributed by atoms with Crippen molar-refractivity contribution in [3.05, 3.63) is 46.9 Å². The number of methoxy groups -OCH3 is 1. The molecule has 1 aromatic carbocycles. The number of hydrogen-bond donors (Lipinski definition) is 1. The summed E-state index contributed by atoms with van der Waals surface area (Å²) in [5, 5.41) is 4.66. The van der Waals surface area contributed by atoms with Crippen molar-refractivity contribution in [2.45, 2.75) is 13.0 Å². The summed E-state index contributed by atoms with van der Waals surface area (Å²) in [6.45, 7) is 2.29. The van der Waals surface area contributed by atoms with E-state index >= 15 is 0 Å². The Balaban J connectivity index is 1.80. The topological polar surface area (TPSA) is 60.5 Å². The molecule has 0 fully saturated rings. The number of amides is 1. The van der Waals surface area contributed by atoms with Crippen LogP contribution >= 0.6 is 11.3 Å². The predicted molar refractivity (Wildman–Crippen MR) is 87.2 cm³/mol. The lowest BCUT2D eigenvalue weighted by atomic mass is 10.3. The average Bonchev–Trinajstić information content (AvgIpc) is 3.05. The number of hydrogen-bond acceptors (Lipinski definition) is 5. The lowest BCUT2D eigenvalue weighted by molar-refractivity contribution is -0.116. The van der Waals surface area contributed by atoms with Crippen LogP contribution in [0.3, 0.4) is 0 Å². The van der Waals surface area contributed by atoms with Crippen molar-refractivity contribution in [3.8, 4) is 11.5 Å². The number of aromatic nitrogens is 1. The van der Waals surface area contributed by atoms with Crippen LogP contribution in [-0.4, -0.2) is 30.6 Å². The van der Waals surface area contributed by atoms with Crippen LogP contribution in [0, 0.1) is 0 Å². The number of rotatable bonds is 7. The lowest BCUT2D eigenvalue weighted by Crippen LogP contribution is -2.32. The van der Waals surface area contributed by atoms with Gasteiger partial charge < -0.3 is 14.8 Å². The summed E-state index contributed by atoms with van der Waals surface area (Å²) in [6, 6.07) is 7.41. The minimum Gasteiger partial charge on any atom is -0.493 e. The van der Waals surface area contributed by atoms with Crippen LogP contribution < -0.4 is 14.8 Å². The van der Waals surface area contributed by atoms with E-state index in [1.54, 1.807) is 18.7 Å². The molecule has 0 saturated heterocycles. The molecule has 0 aliphatic rings. The van der Waals surface area contributed by atoms with Crippen LogP contribution in [0.1, 0.15) is 12.6 Å². The third kappa shape index (κ3) is 4.89. The highest BCUT2D eigenvalue weighted by Gasteiger charge is 2.09. The van der Waals surface area contributed by atoms with E-state index in [0.29, 0.717) is 18.0 Å². The number of carbonyl (C=O) groups excluding carboxylic acids is 1. The molecule has 2 rings (SSSR count). The molecule has 1 heterocycles. The summed E-state index contributed by atoms with van der Waals surface area (Å²) in [6.07, 6.45) is 2.97. The number of thiazole rings is 1. The molecule has 1 amide bonds. The fraction of sp³-hybridized carbons (Fsp3) is 0.250. The van der Waals surface area contributed by atoms with Gasteiger partial charge in [-0.3, -0.25) is 4.79 Å². The van der Waals surface area contributed by atoms with Crippen molar-refractivity contribution in [2.75, 3.05) is 13.7 Å². The van der Waals surface area contributed by atoms with Gasteiger partial charge in [-0.2, -0.15) is 0 Å². The van der Waals surface area contributed by atoms with Gasteiger partial charge in [-0.15, -0.1) is 11.3 Å². The van der Waals surface area contributed by atoms with E-state index in [0.717, 1.165) is 5.69 Å². The zero-order valence-electron chi connectivity index (χ0n) is 12.5. The molecule has 0 aliphatic heterocycles. The van der Waals surface area contributed by atoms with Crippen LogP contribution in [0.4, 0.5) is 0 Å². The summed E-state index contributed by atoms with van der Waals surface area (Å²) < 4.78 is 11.0. The van der Waals surface area contributed by atoms with Gasteiger partial charge in [-0.25, -0.2) is 4.98 Å². The van der Waals surface area contributed by atoms with Crippen LogP contribution in [0.2, 0.25) is 0 Å². The van der Waals surface area contributed by atoms with Crippen molar-refractivity contribution in [1.82, 2.24) is 10.3 Å². The largest absolute Gasteiger partial charge is 0.493 e. The second-order valence-corrected chi connectivity index (χ2v) is 5.29. The molecule has 0 aliphatic carbocycles. The van der Waals surface area contributed by atoms with Crippen molar-refractivity contribution >= 4 is 23.3 Å². The third-order valence-electron chi connectivity index (χ3n) is 2.82. The molecule has 6 heteroatoms. The minimum absolute atomic E-state index is 0.173. The Bertz CT molecular complexity index is 626. The molecule has 116 valence electrons. The first kappa shape index (κ1) is 16.0. The van der Waals surface area contributed by atoms with Crippen molar-refractivity contribution in [2.24, 2.45) is 0 Å². The zero-order valence-corrected chi connectivity index (χ0v) is 13.3. The second kappa shape index (κ2) is 8.19. The van der Waals surface area contributed by atoms with Crippen LogP contribution in [0.15, 0.2) is 41.2 Å². The molecule has 0 saturated carbocycles. The average molecular weight is 318 g/mol. The first-order valence-corrected chi connectivity index (χ1v) is 7.77. The van der Waals surface area contributed by atoms with Crippen molar-refractivity contribution < 1.29 is 14.3 Å². The van der Waals surface area contributed by atoms with Crippen LogP contribution in [0.5, 0.6) is 11.5 Å². The second-order valence-electron chi connectivity index (χ2n) is 4.57. The van der Waals surface area contributed by atoms with Gasteiger partial charge in [0.2, 0.25) is 5.91 Å². The van der Waals surface area contributed by atoms with Gasteiger partial charge in [0.05, 0.1) is 24.9 Å². The maximum absolute atomic E-state index is 11.7. The smallest absolute Gasteiger partial charge is 0.244 e. The van der Waals surface area contributed by atoms with E-state index in [2.05, 4.69) is 10.3 Å². The summed E-state index contributed by atoms with van der Waals surface area (Å²) in [4.78, 5) is 15.8. The van der Waals surface area contributed by atoms with Gasteiger partial charge in [-0.05, 0) is 25.1 Å². The Morgan fingerprint density at radius 3 is 2.86 bits per heavy atom. The molecule has 0 spiro atoms. The Morgan fingerprint density at radius 2 is 2.18 bits per heavy atom. The number of nitrogens with one attached hydrogen (secondary N) is 1. The Hall–Kier alpha value is -2.34. The molecule has 0 unspecified atom stereocenters. The van der Waals surface area contributed by atoms with Gasteiger partial charge >= 0.3 is 0 Å². The zero-order chi connectivity index (χ0) is 15.8. The number of ether oxygens (including phenoxy) is 2. The molecule has 22 heavy (non-hydrogen) atoms.